The van der Waals surface area contributed by atoms with Gasteiger partial charge in [0.15, 0.2) is 0 Å². The van der Waals surface area contributed by atoms with Gasteiger partial charge in [0.1, 0.15) is 0 Å². The molecule has 2 heterocycles. The third kappa shape index (κ3) is 3.61. The summed E-state index contributed by atoms with van der Waals surface area (Å²) < 4.78 is 0. The lowest BCUT2D eigenvalue weighted by atomic mass is 9.82. The first-order valence-corrected chi connectivity index (χ1v) is 11.0. The van der Waals surface area contributed by atoms with Crippen LogP contribution in [-0.2, 0) is 0 Å². The molecule has 3 rings (SSSR count). The molecule has 0 spiro atoms. The maximum absolute atomic E-state index is 2.45. The summed E-state index contributed by atoms with van der Waals surface area (Å²) in [5.41, 5.74) is 7.33. The maximum Gasteiger partial charge on any atom is 0.0521 e. The summed E-state index contributed by atoms with van der Waals surface area (Å²) in [5, 5.41) is 4.42. The summed E-state index contributed by atoms with van der Waals surface area (Å²) in [6, 6.07) is 11.6. The van der Waals surface area contributed by atoms with Gasteiger partial charge in [0.25, 0.3) is 0 Å². The van der Waals surface area contributed by atoms with Crippen LogP contribution in [0.5, 0.6) is 0 Å². The smallest absolute Gasteiger partial charge is 0.0521 e. The highest BCUT2D eigenvalue weighted by molar-refractivity contribution is 7.20. The van der Waals surface area contributed by atoms with E-state index in [4.69, 9.17) is 0 Å². The van der Waals surface area contributed by atoms with E-state index in [9.17, 15) is 0 Å². The van der Waals surface area contributed by atoms with Crippen molar-refractivity contribution in [1.82, 2.24) is 0 Å². The molecule has 0 bridgehead atoms. The van der Waals surface area contributed by atoms with Gasteiger partial charge >= 0.3 is 0 Å². The fourth-order valence-electron chi connectivity index (χ4n) is 3.37. The van der Waals surface area contributed by atoms with Crippen molar-refractivity contribution in [3.8, 4) is 20.9 Å². The Kier molecular flexibility index (Phi) is 5.50. The molecular weight excluding hydrogens is 340 g/mol. The van der Waals surface area contributed by atoms with Gasteiger partial charge in [-0.3, -0.25) is 0 Å². The summed E-state index contributed by atoms with van der Waals surface area (Å²) in [6.07, 6.45) is 0. The molecule has 0 saturated heterocycles. The molecule has 132 valence electrons. The zero-order chi connectivity index (χ0) is 18.1. The molecule has 0 N–H and O–H groups in total. The Labute approximate surface area is 160 Å². The topological polar surface area (TPSA) is 0 Å². The van der Waals surface area contributed by atoms with Gasteiger partial charge in [-0.1, -0.05) is 59.7 Å². The predicted octanol–water partition coefficient (Wildman–Crippen LogP) is 8.51. The molecule has 0 aliphatic heterocycles. The van der Waals surface area contributed by atoms with E-state index in [2.05, 4.69) is 82.6 Å². The molecule has 0 radical (unpaired) electrons. The third-order valence-electron chi connectivity index (χ3n) is 4.81. The Morgan fingerprint density at radius 2 is 1.36 bits per heavy atom. The first-order valence-electron chi connectivity index (χ1n) is 9.19. The minimum absolute atomic E-state index is 0.516. The first kappa shape index (κ1) is 18.4. The van der Waals surface area contributed by atoms with Gasteiger partial charge in [0, 0.05) is 10.4 Å². The molecule has 0 aliphatic carbocycles. The minimum Gasteiger partial charge on any atom is -0.143 e. The maximum atomic E-state index is 2.45. The van der Waals surface area contributed by atoms with Crippen LogP contribution in [0.3, 0.4) is 0 Å². The monoisotopic (exact) mass is 368 g/mol. The van der Waals surface area contributed by atoms with Crippen LogP contribution in [0.25, 0.3) is 20.9 Å². The minimum atomic E-state index is 0.516. The molecule has 0 fully saturated rings. The second kappa shape index (κ2) is 7.47. The average molecular weight is 369 g/mol. The van der Waals surface area contributed by atoms with E-state index in [1.807, 2.05) is 22.7 Å². The molecule has 3 aromatic rings. The summed E-state index contributed by atoms with van der Waals surface area (Å²) in [4.78, 5) is 2.79. The fraction of sp³-hybridized carbons (Fsp3) is 0.391. The molecule has 0 amide bonds. The number of benzene rings is 1. The first-order chi connectivity index (χ1) is 11.9. The average Bonchev–Trinajstić information content (AvgIpc) is 3.24. The molecule has 0 nitrogen and oxygen atoms in total. The van der Waals surface area contributed by atoms with Gasteiger partial charge in [-0.15, -0.1) is 22.7 Å². The Balaban J connectivity index is 2.31. The van der Waals surface area contributed by atoms with E-state index < -0.39 is 0 Å². The van der Waals surface area contributed by atoms with Crippen molar-refractivity contribution >= 4 is 22.7 Å². The van der Waals surface area contributed by atoms with Crippen molar-refractivity contribution in [2.45, 2.75) is 59.3 Å². The number of thiophene rings is 2. The van der Waals surface area contributed by atoms with Crippen molar-refractivity contribution in [3.63, 3.8) is 0 Å². The van der Waals surface area contributed by atoms with Crippen LogP contribution in [-0.4, -0.2) is 0 Å². The quantitative estimate of drug-likeness (QED) is 0.423. The molecule has 2 aromatic heterocycles. The second-order valence-corrected chi connectivity index (χ2v) is 9.54. The zero-order valence-corrected chi connectivity index (χ0v) is 17.7. The van der Waals surface area contributed by atoms with Gasteiger partial charge in [0.05, 0.1) is 4.88 Å². The van der Waals surface area contributed by atoms with Crippen LogP contribution in [0.4, 0.5) is 0 Å². The van der Waals surface area contributed by atoms with Gasteiger partial charge in [-0.2, -0.15) is 0 Å². The summed E-state index contributed by atoms with van der Waals surface area (Å²) in [6.45, 7) is 13.9. The summed E-state index contributed by atoms with van der Waals surface area (Å²) in [5.74, 6) is 1.59. The Morgan fingerprint density at radius 1 is 0.720 bits per heavy atom. The van der Waals surface area contributed by atoms with Crippen LogP contribution in [0.2, 0.25) is 0 Å². The molecule has 0 aliphatic rings. The lowest BCUT2D eigenvalue weighted by Crippen LogP contribution is -2.03. The lowest BCUT2D eigenvalue weighted by Gasteiger charge is -2.23. The highest BCUT2D eigenvalue weighted by atomic mass is 32.1. The molecule has 0 saturated carbocycles. The van der Waals surface area contributed by atoms with E-state index in [1.165, 1.54) is 37.6 Å². The SMILES string of the molecule is CC(C)c1cc(C(C)C)c(-c2ccsc2-c2cccs2)c(C(C)C)c1. The highest BCUT2D eigenvalue weighted by Gasteiger charge is 2.21. The molecule has 25 heavy (non-hydrogen) atoms. The van der Waals surface area contributed by atoms with Gasteiger partial charge in [-0.25, -0.2) is 0 Å². The van der Waals surface area contributed by atoms with Gasteiger partial charge in [-0.05, 0) is 62.9 Å². The highest BCUT2D eigenvalue weighted by Crippen LogP contribution is 2.45. The van der Waals surface area contributed by atoms with Crippen molar-refractivity contribution < 1.29 is 0 Å². The van der Waals surface area contributed by atoms with E-state index in [0.29, 0.717) is 17.8 Å². The second-order valence-electron chi connectivity index (χ2n) is 7.68. The van der Waals surface area contributed by atoms with Crippen LogP contribution in [0.1, 0.15) is 76.0 Å². The van der Waals surface area contributed by atoms with E-state index in [1.54, 1.807) is 0 Å². The Bertz CT molecular complexity index is 804. The van der Waals surface area contributed by atoms with Crippen LogP contribution < -0.4 is 0 Å². The largest absolute Gasteiger partial charge is 0.143 e. The molecule has 2 heteroatoms. The van der Waals surface area contributed by atoms with E-state index in [0.717, 1.165) is 0 Å². The van der Waals surface area contributed by atoms with Crippen LogP contribution in [0, 0.1) is 0 Å². The lowest BCUT2D eigenvalue weighted by molar-refractivity contribution is 0.808. The normalized spacial score (nSPS) is 11.9. The number of hydrogen-bond donors (Lipinski definition) is 0. The number of hydrogen-bond acceptors (Lipinski definition) is 2. The van der Waals surface area contributed by atoms with E-state index in [-0.39, 0.29) is 0 Å². The van der Waals surface area contributed by atoms with Crippen molar-refractivity contribution in [3.05, 3.63) is 57.8 Å². The van der Waals surface area contributed by atoms with Gasteiger partial charge < -0.3 is 0 Å². The molecule has 0 unspecified atom stereocenters. The van der Waals surface area contributed by atoms with Crippen molar-refractivity contribution in [2.75, 3.05) is 0 Å². The number of rotatable bonds is 5. The Hall–Kier alpha value is -1.38. The standard InChI is InChI=1S/C23H28S2/c1-14(2)17-12-19(15(3)4)22(20(13-17)16(5)6)18-9-11-25-23(18)21-8-7-10-24-21/h7-16H,1-6H3. The summed E-state index contributed by atoms with van der Waals surface area (Å²) >= 11 is 3.70. The van der Waals surface area contributed by atoms with E-state index >= 15 is 0 Å². The van der Waals surface area contributed by atoms with Crippen LogP contribution >= 0.6 is 22.7 Å². The molecular formula is C23H28S2. The summed E-state index contributed by atoms with van der Waals surface area (Å²) in [7, 11) is 0. The van der Waals surface area contributed by atoms with Crippen LogP contribution in [0.15, 0.2) is 41.1 Å². The fourth-order valence-corrected chi connectivity index (χ4v) is 5.16. The molecule has 0 atom stereocenters. The van der Waals surface area contributed by atoms with Crippen molar-refractivity contribution in [2.24, 2.45) is 0 Å². The van der Waals surface area contributed by atoms with Gasteiger partial charge in [0.2, 0.25) is 0 Å². The third-order valence-corrected chi connectivity index (χ3v) is 6.78. The Morgan fingerprint density at radius 3 is 1.84 bits per heavy atom. The molecule has 1 aromatic carbocycles. The zero-order valence-electron chi connectivity index (χ0n) is 16.1. The van der Waals surface area contributed by atoms with Crippen molar-refractivity contribution in [1.29, 1.82) is 0 Å². The predicted molar refractivity (Wildman–Crippen MR) is 115 cm³/mol.